The van der Waals surface area contributed by atoms with Crippen molar-refractivity contribution < 1.29 is 0 Å². The normalized spacial score (nSPS) is 9.67. The molecule has 1 nitrogen and oxygen atoms in total. The minimum Gasteiger partial charge on any atom is -0.256 e. The summed E-state index contributed by atoms with van der Waals surface area (Å²) >= 11 is 5.50. The van der Waals surface area contributed by atoms with Gasteiger partial charge in [0.2, 0.25) is 0 Å². The van der Waals surface area contributed by atoms with E-state index in [4.69, 9.17) is 11.6 Å². The predicted molar refractivity (Wildman–Crippen MR) is 63.9 cm³/mol. The van der Waals surface area contributed by atoms with Crippen molar-refractivity contribution in [2.75, 3.05) is 5.88 Å². The standard InChI is InChI=1S/C13H10ClN/c14-9-4-3-5-11-8-10-15-13-7-2-1-6-12(11)13/h1-2,6-8,10H,5,9H2. The molecule has 0 unspecified atom stereocenters. The van der Waals surface area contributed by atoms with Crippen molar-refractivity contribution in [2.45, 2.75) is 6.42 Å². The molecule has 0 atom stereocenters. The molecule has 0 amide bonds. The number of benzene rings is 1. The second-order valence-corrected chi connectivity index (χ2v) is 3.42. The van der Waals surface area contributed by atoms with Crippen LogP contribution in [0.5, 0.6) is 0 Å². The Morgan fingerprint density at radius 3 is 2.87 bits per heavy atom. The number of hydrogen-bond donors (Lipinski definition) is 0. The molecule has 0 spiro atoms. The van der Waals surface area contributed by atoms with Gasteiger partial charge in [0.25, 0.3) is 0 Å². The Bertz CT molecular complexity index is 517. The van der Waals surface area contributed by atoms with E-state index in [0.29, 0.717) is 5.88 Å². The van der Waals surface area contributed by atoms with Crippen LogP contribution in [0.15, 0.2) is 36.5 Å². The van der Waals surface area contributed by atoms with E-state index in [-0.39, 0.29) is 0 Å². The average molecular weight is 216 g/mol. The molecule has 2 aromatic rings. The maximum Gasteiger partial charge on any atom is 0.0835 e. The highest BCUT2D eigenvalue weighted by molar-refractivity contribution is 6.19. The second-order valence-electron chi connectivity index (χ2n) is 3.15. The van der Waals surface area contributed by atoms with Crippen molar-refractivity contribution in [3.05, 3.63) is 42.1 Å². The minimum absolute atomic E-state index is 0.392. The van der Waals surface area contributed by atoms with Crippen LogP contribution in [-0.2, 0) is 6.42 Å². The molecule has 15 heavy (non-hydrogen) atoms. The Balaban J connectivity index is 2.42. The number of para-hydroxylation sites is 1. The zero-order chi connectivity index (χ0) is 10.5. The number of aromatic nitrogens is 1. The smallest absolute Gasteiger partial charge is 0.0835 e. The molecule has 0 aliphatic heterocycles. The average Bonchev–Trinajstić information content (AvgIpc) is 2.30. The van der Waals surface area contributed by atoms with Gasteiger partial charge in [-0.05, 0) is 17.7 Å². The summed E-state index contributed by atoms with van der Waals surface area (Å²) in [7, 11) is 0. The molecule has 1 aromatic carbocycles. The third-order valence-corrected chi connectivity index (χ3v) is 2.34. The van der Waals surface area contributed by atoms with Crippen LogP contribution in [0.4, 0.5) is 0 Å². The molecule has 2 rings (SSSR count). The van der Waals surface area contributed by atoms with Crippen LogP contribution in [-0.4, -0.2) is 10.9 Å². The molecule has 0 aliphatic rings. The Morgan fingerprint density at radius 1 is 1.13 bits per heavy atom. The molecular weight excluding hydrogens is 206 g/mol. The molecule has 1 aromatic heterocycles. The van der Waals surface area contributed by atoms with Gasteiger partial charge >= 0.3 is 0 Å². The van der Waals surface area contributed by atoms with E-state index in [0.717, 1.165) is 11.9 Å². The Kier molecular flexibility index (Phi) is 3.22. The first-order valence-electron chi connectivity index (χ1n) is 4.76. The lowest BCUT2D eigenvalue weighted by Gasteiger charge is -2.01. The lowest BCUT2D eigenvalue weighted by atomic mass is 10.1. The fraction of sp³-hybridized carbons (Fsp3) is 0.154. The van der Waals surface area contributed by atoms with Gasteiger partial charge in [-0.1, -0.05) is 30.0 Å². The lowest BCUT2D eigenvalue weighted by molar-refractivity contribution is 1.30. The van der Waals surface area contributed by atoms with Crippen molar-refractivity contribution in [1.29, 1.82) is 0 Å². The van der Waals surface area contributed by atoms with E-state index < -0.39 is 0 Å². The third kappa shape index (κ3) is 2.29. The SMILES string of the molecule is ClCC#CCc1ccnc2ccccc12. The van der Waals surface area contributed by atoms with Gasteiger partial charge in [-0.15, -0.1) is 11.6 Å². The molecule has 0 N–H and O–H groups in total. The Hall–Kier alpha value is -1.52. The summed E-state index contributed by atoms with van der Waals surface area (Å²) in [6, 6.07) is 10.1. The summed E-state index contributed by atoms with van der Waals surface area (Å²) in [6.45, 7) is 0. The van der Waals surface area contributed by atoms with Crippen LogP contribution in [0, 0.1) is 11.8 Å². The fourth-order valence-electron chi connectivity index (χ4n) is 1.51. The van der Waals surface area contributed by atoms with Crippen LogP contribution < -0.4 is 0 Å². The van der Waals surface area contributed by atoms with Crippen molar-refractivity contribution in [2.24, 2.45) is 0 Å². The summed E-state index contributed by atoms with van der Waals surface area (Å²) in [5.41, 5.74) is 2.22. The van der Waals surface area contributed by atoms with E-state index in [9.17, 15) is 0 Å². The summed E-state index contributed by atoms with van der Waals surface area (Å²) in [6.07, 6.45) is 2.55. The highest BCUT2D eigenvalue weighted by Gasteiger charge is 1.98. The molecular formula is C13H10ClN. The van der Waals surface area contributed by atoms with Crippen molar-refractivity contribution >= 4 is 22.5 Å². The molecule has 74 valence electrons. The van der Waals surface area contributed by atoms with Gasteiger partial charge in [0.15, 0.2) is 0 Å². The molecule has 0 saturated carbocycles. The highest BCUT2D eigenvalue weighted by Crippen LogP contribution is 2.15. The number of alkyl halides is 1. The molecule has 0 bridgehead atoms. The van der Waals surface area contributed by atoms with E-state index in [2.05, 4.69) is 22.9 Å². The van der Waals surface area contributed by atoms with E-state index in [1.165, 1.54) is 10.9 Å². The molecule has 1 heterocycles. The van der Waals surface area contributed by atoms with E-state index >= 15 is 0 Å². The number of fused-ring (bicyclic) bond motifs is 1. The second kappa shape index (κ2) is 4.82. The van der Waals surface area contributed by atoms with Gasteiger partial charge in [0, 0.05) is 18.0 Å². The van der Waals surface area contributed by atoms with E-state index in [1.807, 2.05) is 30.5 Å². The molecule has 2 heteroatoms. The number of nitrogens with zero attached hydrogens (tertiary/aromatic N) is 1. The van der Waals surface area contributed by atoms with Gasteiger partial charge < -0.3 is 0 Å². The summed E-state index contributed by atoms with van der Waals surface area (Å²) in [5.74, 6) is 6.28. The number of rotatable bonds is 1. The highest BCUT2D eigenvalue weighted by atomic mass is 35.5. The monoisotopic (exact) mass is 215 g/mol. The predicted octanol–water partition coefficient (Wildman–Crippen LogP) is 3.02. The summed E-state index contributed by atoms with van der Waals surface area (Å²) < 4.78 is 0. The van der Waals surface area contributed by atoms with Crippen LogP contribution in [0.25, 0.3) is 10.9 Å². The van der Waals surface area contributed by atoms with Gasteiger partial charge in [0.05, 0.1) is 11.4 Å². The third-order valence-electron chi connectivity index (χ3n) is 2.21. The van der Waals surface area contributed by atoms with Gasteiger partial charge in [-0.2, -0.15) is 0 Å². The molecule has 0 aliphatic carbocycles. The number of halogens is 1. The first kappa shape index (κ1) is 10.0. The maximum absolute atomic E-state index is 5.50. The number of hydrogen-bond acceptors (Lipinski definition) is 1. The van der Waals surface area contributed by atoms with Gasteiger partial charge in [-0.3, -0.25) is 4.98 Å². The van der Waals surface area contributed by atoms with Crippen LogP contribution >= 0.6 is 11.6 Å². The van der Waals surface area contributed by atoms with Gasteiger partial charge in [0.1, 0.15) is 0 Å². The first-order chi connectivity index (χ1) is 7.42. The van der Waals surface area contributed by atoms with Crippen molar-refractivity contribution in [3.8, 4) is 11.8 Å². The zero-order valence-electron chi connectivity index (χ0n) is 8.20. The van der Waals surface area contributed by atoms with E-state index in [1.54, 1.807) is 0 Å². The van der Waals surface area contributed by atoms with Crippen LogP contribution in [0.3, 0.4) is 0 Å². The van der Waals surface area contributed by atoms with Crippen LogP contribution in [0.2, 0.25) is 0 Å². The molecule has 0 radical (unpaired) electrons. The Labute approximate surface area is 94.1 Å². The minimum atomic E-state index is 0.392. The van der Waals surface area contributed by atoms with Crippen molar-refractivity contribution in [1.82, 2.24) is 4.98 Å². The topological polar surface area (TPSA) is 12.9 Å². The van der Waals surface area contributed by atoms with Crippen molar-refractivity contribution in [3.63, 3.8) is 0 Å². The quantitative estimate of drug-likeness (QED) is 0.527. The fourth-order valence-corrected chi connectivity index (χ4v) is 1.61. The van der Waals surface area contributed by atoms with Gasteiger partial charge in [-0.25, -0.2) is 0 Å². The zero-order valence-corrected chi connectivity index (χ0v) is 8.96. The largest absolute Gasteiger partial charge is 0.256 e. The molecule has 0 saturated heterocycles. The lowest BCUT2D eigenvalue weighted by Crippen LogP contribution is -1.86. The summed E-state index contributed by atoms with van der Waals surface area (Å²) in [4.78, 5) is 4.30. The Morgan fingerprint density at radius 2 is 2.00 bits per heavy atom. The number of pyridine rings is 1. The maximum atomic E-state index is 5.50. The summed E-state index contributed by atoms with van der Waals surface area (Å²) in [5, 5.41) is 1.17. The molecule has 0 fully saturated rings. The first-order valence-corrected chi connectivity index (χ1v) is 5.29. The van der Waals surface area contributed by atoms with Crippen LogP contribution in [0.1, 0.15) is 5.56 Å².